The Bertz CT molecular complexity index is 1320. The van der Waals surface area contributed by atoms with Crippen LogP contribution in [0.4, 0.5) is 20.2 Å². The van der Waals surface area contributed by atoms with E-state index in [4.69, 9.17) is 16.3 Å². The predicted octanol–water partition coefficient (Wildman–Crippen LogP) is 5.08. The van der Waals surface area contributed by atoms with Crippen LogP contribution in [-0.4, -0.2) is 28.0 Å². The summed E-state index contributed by atoms with van der Waals surface area (Å²) < 4.78 is 60.6. The smallest absolute Gasteiger partial charge is 0.268 e. The fraction of sp³-hybridized carbons (Fsp3) is 0.174. The van der Waals surface area contributed by atoms with Crippen molar-refractivity contribution in [3.63, 3.8) is 0 Å². The van der Waals surface area contributed by atoms with Gasteiger partial charge in [0, 0.05) is 11.1 Å². The number of carbonyl (C=O) groups is 1. The van der Waals surface area contributed by atoms with Crippen molar-refractivity contribution < 1.29 is 26.7 Å². The Balaban J connectivity index is 2.05. The molecular weight excluding hydrogens is 474 g/mol. The lowest BCUT2D eigenvalue weighted by Gasteiger charge is -2.25. The van der Waals surface area contributed by atoms with E-state index in [1.807, 2.05) is 0 Å². The van der Waals surface area contributed by atoms with Gasteiger partial charge in [0.05, 0.1) is 18.5 Å². The molecule has 33 heavy (non-hydrogen) atoms. The first-order valence-electron chi connectivity index (χ1n) is 9.71. The van der Waals surface area contributed by atoms with Gasteiger partial charge in [-0.15, -0.1) is 0 Å². The maximum absolute atomic E-state index is 14.0. The number of aryl methyl sites for hydroxylation is 2. The van der Waals surface area contributed by atoms with Crippen LogP contribution < -0.4 is 14.4 Å². The minimum Gasteiger partial charge on any atom is -0.495 e. The molecule has 0 aromatic heterocycles. The second kappa shape index (κ2) is 9.76. The molecule has 0 saturated carbocycles. The zero-order chi connectivity index (χ0) is 24.3. The number of sulfonamides is 1. The molecular formula is C23H21ClF2N2O4S. The Morgan fingerprint density at radius 3 is 2.42 bits per heavy atom. The van der Waals surface area contributed by atoms with Gasteiger partial charge in [-0.25, -0.2) is 17.2 Å². The topological polar surface area (TPSA) is 75.7 Å². The van der Waals surface area contributed by atoms with Crippen molar-refractivity contribution in [1.82, 2.24) is 0 Å². The number of ether oxygens (including phenoxy) is 1. The standard InChI is InChI=1S/C23H21ClF2N2O4S/c1-14-4-9-21(32-3)22(10-14)33(30,31)28(17-7-5-15(2)18(24)12-17)13-23(29)27-20-8-6-16(25)11-19(20)26/h4-12H,13H2,1-3H3,(H,27,29). The first kappa shape index (κ1) is 24.5. The number of rotatable bonds is 7. The third kappa shape index (κ3) is 5.43. The van der Waals surface area contributed by atoms with Crippen LogP contribution in [0, 0.1) is 25.5 Å². The van der Waals surface area contributed by atoms with E-state index in [-0.39, 0.29) is 22.0 Å². The summed E-state index contributed by atoms with van der Waals surface area (Å²) in [4.78, 5) is 12.6. The fourth-order valence-corrected chi connectivity index (χ4v) is 4.90. The van der Waals surface area contributed by atoms with Crippen molar-refractivity contribution in [1.29, 1.82) is 0 Å². The van der Waals surface area contributed by atoms with Gasteiger partial charge in [0.2, 0.25) is 5.91 Å². The van der Waals surface area contributed by atoms with Crippen LogP contribution in [0.1, 0.15) is 11.1 Å². The highest BCUT2D eigenvalue weighted by Gasteiger charge is 2.30. The number of hydrogen-bond acceptors (Lipinski definition) is 4. The molecule has 0 saturated heterocycles. The molecule has 0 radical (unpaired) electrons. The molecule has 6 nitrogen and oxygen atoms in total. The molecule has 174 valence electrons. The summed E-state index contributed by atoms with van der Waals surface area (Å²) in [5, 5.41) is 2.58. The molecule has 0 spiro atoms. The molecule has 3 rings (SSSR count). The van der Waals surface area contributed by atoms with Crippen molar-refractivity contribution >= 4 is 38.9 Å². The number of halogens is 3. The molecule has 0 unspecified atom stereocenters. The second-order valence-electron chi connectivity index (χ2n) is 7.27. The Morgan fingerprint density at radius 1 is 1.06 bits per heavy atom. The number of carbonyl (C=O) groups excluding carboxylic acids is 1. The molecule has 0 bridgehead atoms. The minimum atomic E-state index is -4.32. The van der Waals surface area contributed by atoms with Gasteiger partial charge in [-0.05, 0) is 61.4 Å². The van der Waals surface area contributed by atoms with Gasteiger partial charge in [0.25, 0.3) is 10.0 Å². The maximum atomic E-state index is 14.0. The molecule has 3 aromatic carbocycles. The van der Waals surface area contributed by atoms with Crippen molar-refractivity contribution in [3.8, 4) is 5.75 Å². The van der Waals surface area contributed by atoms with E-state index in [2.05, 4.69) is 5.32 Å². The van der Waals surface area contributed by atoms with Crippen molar-refractivity contribution in [2.24, 2.45) is 0 Å². The zero-order valence-electron chi connectivity index (χ0n) is 18.0. The van der Waals surface area contributed by atoms with Gasteiger partial charge in [-0.3, -0.25) is 9.10 Å². The molecule has 0 heterocycles. The summed E-state index contributed by atoms with van der Waals surface area (Å²) in [6.45, 7) is 2.77. The highest BCUT2D eigenvalue weighted by molar-refractivity contribution is 7.93. The van der Waals surface area contributed by atoms with E-state index < -0.39 is 34.1 Å². The van der Waals surface area contributed by atoms with Crippen LogP contribution >= 0.6 is 11.6 Å². The van der Waals surface area contributed by atoms with Crippen LogP contribution in [0.25, 0.3) is 0 Å². The second-order valence-corrected chi connectivity index (χ2v) is 9.51. The van der Waals surface area contributed by atoms with E-state index in [0.717, 1.165) is 16.4 Å². The highest BCUT2D eigenvalue weighted by Crippen LogP contribution is 2.32. The summed E-state index contributed by atoms with van der Waals surface area (Å²) in [6, 6.07) is 11.8. The quantitative estimate of drug-likeness (QED) is 0.497. The Morgan fingerprint density at radius 2 is 1.79 bits per heavy atom. The monoisotopic (exact) mass is 494 g/mol. The average Bonchev–Trinajstić information content (AvgIpc) is 2.76. The lowest BCUT2D eigenvalue weighted by molar-refractivity contribution is -0.114. The third-order valence-electron chi connectivity index (χ3n) is 4.82. The van der Waals surface area contributed by atoms with Crippen molar-refractivity contribution in [3.05, 3.63) is 82.4 Å². The van der Waals surface area contributed by atoms with Crippen LogP contribution in [0.5, 0.6) is 5.75 Å². The Hall–Kier alpha value is -3.17. The highest BCUT2D eigenvalue weighted by atomic mass is 35.5. The zero-order valence-corrected chi connectivity index (χ0v) is 19.6. The third-order valence-corrected chi connectivity index (χ3v) is 7.03. The lowest BCUT2D eigenvalue weighted by atomic mass is 10.2. The van der Waals surface area contributed by atoms with Crippen molar-refractivity contribution in [2.45, 2.75) is 18.7 Å². The van der Waals surface area contributed by atoms with Crippen LogP contribution in [0.15, 0.2) is 59.5 Å². The number of nitrogens with one attached hydrogen (secondary N) is 1. The van der Waals surface area contributed by atoms with Gasteiger partial charge in [-0.2, -0.15) is 0 Å². The number of amides is 1. The number of nitrogens with zero attached hydrogens (tertiary/aromatic N) is 1. The summed E-state index contributed by atoms with van der Waals surface area (Å²) in [5.41, 5.74) is 1.22. The van der Waals surface area contributed by atoms with Gasteiger partial charge >= 0.3 is 0 Å². The lowest BCUT2D eigenvalue weighted by Crippen LogP contribution is -2.38. The molecule has 10 heteroatoms. The molecule has 0 atom stereocenters. The molecule has 1 amide bonds. The van der Waals surface area contributed by atoms with Gasteiger partial charge in [0.1, 0.15) is 28.8 Å². The summed E-state index contributed by atoms with van der Waals surface area (Å²) in [6.07, 6.45) is 0. The van der Waals surface area contributed by atoms with Crippen LogP contribution in [0.3, 0.4) is 0 Å². The van der Waals surface area contributed by atoms with Gasteiger partial charge < -0.3 is 10.1 Å². The molecule has 0 aliphatic heterocycles. The minimum absolute atomic E-state index is 0.0915. The molecule has 0 fully saturated rings. The number of hydrogen-bond donors (Lipinski definition) is 1. The average molecular weight is 495 g/mol. The molecule has 0 aliphatic carbocycles. The maximum Gasteiger partial charge on any atom is 0.268 e. The van der Waals surface area contributed by atoms with Crippen molar-refractivity contribution in [2.75, 3.05) is 23.3 Å². The normalized spacial score (nSPS) is 11.2. The Labute approximate surface area is 195 Å². The van der Waals surface area contributed by atoms with Crippen LogP contribution in [-0.2, 0) is 14.8 Å². The first-order chi connectivity index (χ1) is 15.5. The molecule has 3 aromatic rings. The summed E-state index contributed by atoms with van der Waals surface area (Å²) >= 11 is 6.21. The largest absolute Gasteiger partial charge is 0.495 e. The van der Waals surface area contributed by atoms with E-state index in [1.165, 1.54) is 31.4 Å². The summed E-state index contributed by atoms with van der Waals surface area (Å²) in [7, 11) is -2.98. The molecule has 1 N–H and O–H groups in total. The van der Waals surface area contributed by atoms with E-state index >= 15 is 0 Å². The first-order valence-corrected chi connectivity index (χ1v) is 11.5. The number of methoxy groups -OCH3 is 1. The predicted molar refractivity (Wildman–Crippen MR) is 123 cm³/mol. The van der Waals surface area contributed by atoms with Gasteiger partial charge in [0.15, 0.2) is 0 Å². The fourth-order valence-electron chi connectivity index (χ4n) is 3.07. The van der Waals surface area contributed by atoms with Crippen LogP contribution in [0.2, 0.25) is 5.02 Å². The molecule has 0 aliphatic rings. The van der Waals surface area contributed by atoms with Gasteiger partial charge in [-0.1, -0.05) is 23.7 Å². The summed E-state index contributed by atoms with van der Waals surface area (Å²) in [5.74, 6) is -2.55. The SMILES string of the molecule is COc1ccc(C)cc1S(=O)(=O)N(CC(=O)Nc1ccc(F)cc1F)c1ccc(C)c(Cl)c1. The van der Waals surface area contributed by atoms with E-state index in [9.17, 15) is 22.0 Å². The van der Waals surface area contributed by atoms with E-state index in [0.29, 0.717) is 22.2 Å². The van der Waals surface area contributed by atoms with E-state index in [1.54, 1.807) is 26.0 Å². The number of anilines is 2. The Kier molecular flexibility index (Phi) is 7.24. The number of benzene rings is 3.